The Balaban J connectivity index is 3.31. The first-order valence-corrected chi connectivity index (χ1v) is 4.65. The summed E-state index contributed by atoms with van der Waals surface area (Å²) in [5.74, 6) is 0.0567. The molecular weight excluding hydrogens is 132 g/mol. The van der Waals surface area contributed by atoms with Crippen LogP contribution in [-0.4, -0.2) is 29.7 Å². The molecule has 3 heteroatoms. The Morgan fingerprint density at radius 3 is 2.22 bits per heavy atom. The van der Waals surface area contributed by atoms with E-state index in [4.69, 9.17) is 9.47 Å². The van der Waals surface area contributed by atoms with Crippen LogP contribution in [-0.2, 0) is 9.47 Å². The molecule has 0 aromatic carbocycles. The number of hydrogen-bond acceptors (Lipinski definition) is 2. The van der Waals surface area contributed by atoms with Crippen LogP contribution in [0.5, 0.6) is 0 Å². The van der Waals surface area contributed by atoms with Crippen LogP contribution in [0.1, 0.15) is 6.92 Å². The third kappa shape index (κ3) is 4.38. The standard InChI is InChI=1S/C6H14O2Si/c1-4-5-9-6(7-2)8-3/h4-6H,9H2,1-3H3. The molecular formula is C6H14O2Si. The zero-order valence-corrected chi connectivity index (χ0v) is 7.67. The van der Waals surface area contributed by atoms with Gasteiger partial charge in [0, 0.05) is 14.2 Å². The second-order valence-corrected chi connectivity index (χ2v) is 3.32. The summed E-state index contributed by atoms with van der Waals surface area (Å²) >= 11 is 0. The summed E-state index contributed by atoms with van der Waals surface area (Å²) in [5.41, 5.74) is 2.15. The SMILES string of the molecule is CC=C[SiH2]C(OC)OC. The monoisotopic (exact) mass is 146 g/mol. The van der Waals surface area contributed by atoms with E-state index in [1.54, 1.807) is 14.2 Å². The third-order valence-electron chi connectivity index (χ3n) is 1.09. The molecule has 0 amide bonds. The van der Waals surface area contributed by atoms with Gasteiger partial charge in [-0.2, -0.15) is 0 Å². The van der Waals surface area contributed by atoms with Crippen molar-refractivity contribution in [2.45, 2.75) is 12.8 Å². The summed E-state index contributed by atoms with van der Waals surface area (Å²) in [5, 5.41) is 0. The van der Waals surface area contributed by atoms with Gasteiger partial charge in [0.2, 0.25) is 0 Å². The average Bonchev–Trinajstić information content (AvgIpc) is 1.91. The lowest BCUT2D eigenvalue weighted by atomic mass is 10.8. The van der Waals surface area contributed by atoms with Gasteiger partial charge in [-0.3, -0.25) is 0 Å². The number of ether oxygens (including phenoxy) is 2. The zero-order valence-electron chi connectivity index (χ0n) is 6.26. The van der Waals surface area contributed by atoms with E-state index in [-0.39, 0.29) is 15.4 Å². The Morgan fingerprint density at radius 2 is 1.89 bits per heavy atom. The third-order valence-corrected chi connectivity index (χ3v) is 2.89. The molecule has 0 aromatic heterocycles. The second kappa shape index (κ2) is 6.00. The van der Waals surface area contributed by atoms with Crippen LogP contribution in [0.3, 0.4) is 0 Å². The van der Waals surface area contributed by atoms with Gasteiger partial charge in [0.1, 0.15) is 15.4 Å². The fourth-order valence-electron chi connectivity index (χ4n) is 0.536. The number of allylic oxidation sites excluding steroid dienone is 1. The molecule has 0 saturated carbocycles. The quantitative estimate of drug-likeness (QED) is 0.418. The molecule has 0 fully saturated rings. The highest BCUT2D eigenvalue weighted by atomic mass is 28.2. The Kier molecular flexibility index (Phi) is 5.92. The van der Waals surface area contributed by atoms with Crippen LogP contribution in [0.4, 0.5) is 0 Å². The highest BCUT2D eigenvalue weighted by Crippen LogP contribution is 1.87. The van der Waals surface area contributed by atoms with Crippen molar-refractivity contribution >= 4 is 9.52 Å². The highest BCUT2D eigenvalue weighted by molar-refractivity contribution is 6.43. The smallest absolute Gasteiger partial charge is 0.138 e. The van der Waals surface area contributed by atoms with Crippen molar-refractivity contribution in [1.29, 1.82) is 0 Å². The van der Waals surface area contributed by atoms with Crippen molar-refractivity contribution in [2.24, 2.45) is 0 Å². The van der Waals surface area contributed by atoms with Crippen LogP contribution >= 0.6 is 0 Å². The Labute approximate surface area is 58.7 Å². The first-order valence-electron chi connectivity index (χ1n) is 3.02. The normalized spacial score (nSPS) is 12.9. The lowest BCUT2D eigenvalue weighted by Gasteiger charge is -2.08. The van der Waals surface area contributed by atoms with Gasteiger partial charge < -0.3 is 9.47 Å². The topological polar surface area (TPSA) is 18.5 Å². The number of methoxy groups -OCH3 is 2. The van der Waals surface area contributed by atoms with Gasteiger partial charge in [-0.15, -0.1) is 5.70 Å². The Bertz CT molecular complexity index is 79.1. The first kappa shape index (κ1) is 8.88. The van der Waals surface area contributed by atoms with E-state index in [0.717, 1.165) is 0 Å². The molecule has 0 N–H and O–H groups in total. The van der Waals surface area contributed by atoms with E-state index in [1.807, 2.05) is 13.0 Å². The van der Waals surface area contributed by atoms with E-state index in [1.165, 1.54) is 0 Å². The van der Waals surface area contributed by atoms with Gasteiger partial charge >= 0.3 is 0 Å². The first-order chi connectivity index (χ1) is 4.35. The van der Waals surface area contributed by atoms with Crippen LogP contribution in [0.25, 0.3) is 0 Å². The van der Waals surface area contributed by atoms with Crippen molar-refractivity contribution in [3.05, 3.63) is 11.8 Å². The van der Waals surface area contributed by atoms with E-state index in [0.29, 0.717) is 0 Å². The number of rotatable bonds is 4. The molecule has 2 nitrogen and oxygen atoms in total. The minimum absolute atomic E-state index is 0.0567. The maximum absolute atomic E-state index is 4.99. The molecule has 0 saturated heterocycles. The van der Waals surface area contributed by atoms with E-state index < -0.39 is 0 Å². The second-order valence-electron chi connectivity index (χ2n) is 1.71. The minimum atomic E-state index is -0.300. The van der Waals surface area contributed by atoms with Crippen LogP contribution in [0.2, 0.25) is 0 Å². The van der Waals surface area contributed by atoms with Gasteiger partial charge in [0.05, 0.1) is 0 Å². The molecule has 9 heavy (non-hydrogen) atoms. The summed E-state index contributed by atoms with van der Waals surface area (Å²) in [6.07, 6.45) is 2.04. The van der Waals surface area contributed by atoms with Crippen LogP contribution in [0.15, 0.2) is 11.8 Å². The maximum atomic E-state index is 4.99. The fourth-order valence-corrected chi connectivity index (χ4v) is 1.42. The molecule has 0 aliphatic heterocycles. The van der Waals surface area contributed by atoms with Gasteiger partial charge in [0.15, 0.2) is 0 Å². The summed E-state index contributed by atoms with van der Waals surface area (Å²) in [6.45, 7) is 2.01. The lowest BCUT2D eigenvalue weighted by molar-refractivity contribution is -0.0430. The van der Waals surface area contributed by atoms with Gasteiger partial charge in [-0.05, 0) is 6.92 Å². The molecule has 0 aromatic rings. The van der Waals surface area contributed by atoms with E-state index in [2.05, 4.69) is 5.70 Å². The molecule has 54 valence electrons. The lowest BCUT2D eigenvalue weighted by Crippen LogP contribution is -2.19. The Hall–Kier alpha value is -0.123. The molecule has 0 spiro atoms. The summed E-state index contributed by atoms with van der Waals surface area (Å²) in [4.78, 5) is 0. The predicted octanol–water partition coefficient (Wildman–Crippen LogP) is 0.265. The molecule has 0 atom stereocenters. The van der Waals surface area contributed by atoms with Crippen LogP contribution < -0.4 is 0 Å². The molecule has 0 heterocycles. The zero-order chi connectivity index (χ0) is 7.11. The summed E-state index contributed by atoms with van der Waals surface area (Å²) in [6, 6.07) is 0. The Morgan fingerprint density at radius 1 is 1.33 bits per heavy atom. The highest BCUT2D eigenvalue weighted by Gasteiger charge is 1.99. The summed E-state index contributed by atoms with van der Waals surface area (Å²) in [7, 11) is 3.04. The molecule has 0 unspecified atom stereocenters. The van der Waals surface area contributed by atoms with Crippen molar-refractivity contribution in [3.63, 3.8) is 0 Å². The van der Waals surface area contributed by atoms with Crippen molar-refractivity contribution < 1.29 is 9.47 Å². The van der Waals surface area contributed by atoms with Crippen LogP contribution in [0, 0.1) is 0 Å². The summed E-state index contributed by atoms with van der Waals surface area (Å²) < 4.78 is 9.98. The molecule has 0 bridgehead atoms. The maximum Gasteiger partial charge on any atom is 0.138 e. The fraction of sp³-hybridized carbons (Fsp3) is 0.667. The van der Waals surface area contributed by atoms with Crippen molar-refractivity contribution in [3.8, 4) is 0 Å². The molecule has 0 radical (unpaired) electrons. The predicted molar refractivity (Wildman–Crippen MR) is 41.2 cm³/mol. The largest absolute Gasteiger partial charge is 0.360 e. The van der Waals surface area contributed by atoms with Gasteiger partial charge in [-0.1, -0.05) is 6.08 Å². The average molecular weight is 146 g/mol. The molecule has 0 rings (SSSR count). The van der Waals surface area contributed by atoms with Gasteiger partial charge in [0.25, 0.3) is 0 Å². The van der Waals surface area contributed by atoms with Crippen molar-refractivity contribution in [2.75, 3.05) is 14.2 Å². The molecule has 0 aliphatic rings. The van der Waals surface area contributed by atoms with Gasteiger partial charge in [-0.25, -0.2) is 0 Å². The van der Waals surface area contributed by atoms with Crippen molar-refractivity contribution in [1.82, 2.24) is 0 Å². The number of hydrogen-bond donors (Lipinski definition) is 0. The van der Waals surface area contributed by atoms with E-state index >= 15 is 0 Å². The molecule has 0 aliphatic carbocycles. The van der Waals surface area contributed by atoms with E-state index in [9.17, 15) is 0 Å². The minimum Gasteiger partial charge on any atom is -0.360 e.